The Morgan fingerprint density at radius 1 is 1.19 bits per heavy atom. The first-order chi connectivity index (χ1) is 12.9. The van der Waals surface area contributed by atoms with Crippen molar-refractivity contribution in [1.82, 2.24) is 15.2 Å². The molecule has 0 bridgehead atoms. The van der Waals surface area contributed by atoms with Crippen molar-refractivity contribution in [2.75, 3.05) is 19.7 Å². The van der Waals surface area contributed by atoms with E-state index in [0.717, 1.165) is 17.7 Å². The molecule has 1 atom stereocenters. The fourth-order valence-electron chi connectivity index (χ4n) is 3.06. The van der Waals surface area contributed by atoms with E-state index < -0.39 is 0 Å². The fraction of sp³-hybridized carbons (Fsp3) is 0.381. The van der Waals surface area contributed by atoms with E-state index >= 15 is 0 Å². The van der Waals surface area contributed by atoms with Crippen LogP contribution in [0.15, 0.2) is 36.5 Å². The summed E-state index contributed by atoms with van der Waals surface area (Å²) in [6.45, 7) is 7.02. The minimum absolute atomic E-state index is 0.0329. The minimum atomic E-state index is -0.176. The van der Waals surface area contributed by atoms with Crippen molar-refractivity contribution in [1.29, 1.82) is 0 Å². The first kappa shape index (κ1) is 18.9. The highest BCUT2D eigenvalue weighted by Gasteiger charge is 2.28. The van der Waals surface area contributed by atoms with Gasteiger partial charge in [-0.15, -0.1) is 0 Å². The van der Waals surface area contributed by atoms with Crippen molar-refractivity contribution in [3.63, 3.8) is 0 Å². The number of amides is 2. The molecule has 0 radical (unpaired) electrons. The van der Waals surface area contributed by atoms with Gasteiger partial charge in [0.05, 0.1) is 5.56 Å². The average molecular weight is 367 g/mol. The summed E-state index contributed by atoms with van der Waals surface area (Å²) in [5.41, 5.74) is 3.77. The number of ether oxygens (including phenoxy) is 1. The van der Waals surface area contributed by atoms with E-state index in [2.05, 4.69) is 10.3 Å². The third-order valence-electron chi connectivity index (χ3n) is 4.85. The molecule has 6 nitrogen and oxygen atoms in total. The number of aromatic nitrogens is 1. The zero-order chi connectivity index (χ0) is 19.4. The van der Waals surface area contributed by atoms with Crippen LogP contribution >= 0.6 is 0 Å². The Kier molecular flexibility index (Phi) is 5.74. The molecule has 0 aliphatic carbocycles. The third kappa shape index (κ3) is 4.84. The van der Waals surface area contributed by atoms with Crippen molar-refractivity contribution < 1.29 is 14.3 Å². The highest BCUT2D eigenvalue weighted by molar-refractivity contribution is 5.94. The van der Waals surface area contributed by atoms with Crippen LogP contribution in [-0.4, -0.2) is 47.4 Å². The molecule has 2 heterocycles. The third-order valence-corrected chi connectivity index (χ3v) is 4.85. The monoisotopic (exact) mass is 367 g/mol. The molecule has 0 saturated carbocycles. The summed E-state index contributed by atoms with van der Waals surface area (Å²) in [6.07, 6.45) is 2.33. The van der Waals surface area contributed by atoms with E-state index in [0.29, 0.717) is 24.4 Å². The number of likely N-dealkylation sites (tertiary alicyclic amines) is 1. The lowest BCUT2D eigenvalue weighted by molar-refractivity contribution is -0.123. The van der Waals surface area contributed by atoms with Crippen molar-refractivity contribution in [3.8, 4) is 5.75 Å². The molecule has 1 aliphatic rings. The number of hydrogen-bond acceptors (Lipinski definition) is 4. The minimum Gasteiger partial charge on any atom is -0.484 e. The second-order valence-corrected chi connectivity index (χ2v) is 7.03. The van der Waals surface area contributed by atoms with E-state index in [1.807, 2.05) is 45.0 Å². The average Bonchev–Trinajstić information content (AvgIpc) is 3.11. The molecular formula is C21H25N3O3. The summed E-state index contributed by atoms with van der Waals surface area (Å²) >= 11 is 0. The summed E-state index contributed by atoms with van der Waals surface area (Å²) in [6, 6.07) is 9.32. The lowest BCUT2D eigenvalue weighted by Gasteiger charge is -2.17. The number of pyridine rings is 1. The first-order valence-corrected chi connectivity index (χ1v) is 9.14. The smallest absolute Gasteiger partial charge is 0.258 e. The molecule has 6 heteroatoms. The van der Waals surface area contributed by atoms with Gasteiger partial charge in [0.25, 0.3) is 11.8 Å². The van der Waals surface area contributed by atoms with Crippen LogP contribution in [0.25, 0.3) is 0 Å². The van der Waals surface area contributed by atoms with Gasteiger partial charge in [-0.25, -0.2) is 0 Å². The van der Waals surface area contributed by atoms with Crippen LogP contribution < -0.4 is 10.1 Å². The molecule has 0 unspecified atom stereocenters. The normalized spacial score (nSPS) is 16.3. The first-order valence-electron chi connectivity index (χ1n) is 9.14. The van der Waals surface area contributed by atoms with Crippen molar-refractivity contribution in [2.45, 2.75) is 33.2 Å². The fourth-order valence-corrected chi connectivity index (χ4v) is 3.06. The lowest BCUT2D eigenvalue weighted by Crippen LogP contribution is -2.40. The number of nitrogens with one attached hydrogen (secondary N) is 1. The molecule has 3 rings (SSSR count). The van der Waals surface area contributed by atoms with Crippen LogP contribution in [0.4, 0.5) is 0 Å². The number of carbonyl (C=O) groups excluding carboxylic acids is 2. The summed E-state index contributed by atoms with van der Waals surface area (Å²) in [5.74, 6) is 0.457. The largest absolute Gasteiger partial charge is 0.484 e. The molecule has 0 spiro atoms. The second kappa shape index (κ2) is 8.20. The highest BCUT2D eigenvalue weighted by atomic mass is 16.5. The molecule has 1 N–H and O–H groups in total. The van der Waals surface area contributed by atoms with Crippen LogP contribution in [0.1, 0.15) is 33.6 Å². The molecule has 2 aromatic rings. The van der Waals surface area contributed by atoms with Crippen LogP contribution in [0.5, 0.6) is 5.75 Å². The van der Waals surface area contributed by atoms with Gasteiger partial charge in [0, 0.05) is 31.0 Å². The quantitative estimate of drug-likeness (QED) is 0.881. The number of carbonyl (C=O) groups is 2. The Bertz CT molecular complexity index is 833. The maximum absolute atomic E-state index is 12.5. The second-order valence-electron chi connectivity index (χ2n) is 7.03. The SMILES string of the molecule is Cc1ccc(C(=O)N2CC[C@@H](NC(=O)COc3ccc(C)c(C)c3)C2)cn1. The van der Waals surface area contributed by atoms with E-state index in [1.165, 1.54) is 5.56 Å². The molecule has 1 saturated heterocycles. The number of hydrogen-bond donors (Lipinski definition) is 1. The number of nitrogens with zero attached hydrogens (tertiary/aromatic N) is 2. The zero-order valence-electron chi connectivity index (χ0n) is 16.0. The van der Waals surface area contributed by atoms with Gasteiger partial charge in [0.15, 0.2) is 6.61 Å². The van der Waals surface area contributed by atoms with Crippen molar-refractivity contribution >= 4 is 11.8 Å². The molecule has 1 aromatic heterocycles. The van der Waals surface area contributed by atoms with Gasteiger partial charge in [-0.1, -0.05) is 6.07 Å². The molecule has 2 amide bonds. The Balaban J connectivity index is 1.47. The van der Waals surface area contributed by atoms with E-state index in [4.69, 9.17) is 4.74 Å². The van der Waals surface area contributed by atoms with Crippen LogP contribution in [-0.2, 0) is 4.79 Å². The molecular weight excluding hydrogens is 342 g/mol. The molecule has 1 fully saturated rings. The lowest BCUT2D eigenvalue weighted by atomic mass is 10.1. The van der Waals surface area contributed by atoms with E-state index in [1.54, 1.807) is 17.2 Å². The number of aryl methyl sites for hydroxylation is 3. The standard InChI is InChI=1S/C21H25N3O3/c1-14-4-7-19(10-15(14)2)27-13-20(25)23-18-8-9-24(12-18)21(26)17-6-5-16(3)22-11-17/h4-7,10-11,18H,8-9,12-13H2,1-3H3,(H,23,25)/t18-/m1/s1. The maximum Gasteiger partial charge on any atom is 0.258 e. The highest BCUT2D eigenvalue weighted by Crippen LogP contribution is 2.17. The van der Waals surface area contributed by atoms with Crippen LogP contribution in [0.2, 0.25) is 0 Å². The van der Waals surface area contributed by atoms with Gasteiger partial charge in [-0.2, -0.15) is 0 Å². The predicted molar refractivity (Wildman–Crippen MR) is 103 cm³/mol. The molecule has 27 heavy (non-hydrogen) atoms. The molecule has 1 aromatic carbocycles. The van der Waals surface area contributed by atoms with Gasteiger partial charge in [0.2, 0.25) is 0 Å². The Morgan fingerprint density at radius 3 is 2.70 bits per heavy atom. The van der Waals surface area contributed by atoms with Crippen LogP contribution in [0, 0.1) is 20.8 Å². The summed E-state index contributed by atoms with van der Waals surface area (Å²) in [7, 11) is 0. The predicted octanol–water partition coefficient (Wildman–Crippen LogP) is 2.42. The number of benzene rings is 1. The van der Waals surface area contributed by atoms with E-state index in [9.17, 15) is 9.59 Å². The summed E-state index contributed by atoms with van der Waals surface area (Å²) in [5, 5.41) is 2.95. The maximum atomic E-state index is 12.5. The van der Waals surface area contributed by atoms with Crippen molar-refractivity contribution in [3.05, 3.63) is 58.9 Å². The number of rotatable bonds is 5. The van der Waals surface area contributed by atoms with Gasteiger partial charge in [0.1, 0.15) is 5.75 Å². The van der Waals surface area contributed by atoms with Crippen LogP contribution in [0.3, 0.4) is 0 Å². The van der Waals surface area contributed by atoms with Gasteiger partial charge in [-0.3, -0.25) is 14.6 Å². The van der Waals surface area contributed by atoms with E-state index in [-0.39, 0.29) is 24.5 Å². The Hall–Kier alpha value is -2.89. The van der Waals surface area contributed by atoms with Gasteiger partial charge < -0.3 is 15.0 Å². The zero-order valence-corrected chi connectivity index (χ0v) is 16.0. The topological polar surface area (TPSA) is 71.5 Å². The van der Waals surface area contributed by atoms with Gasteiger partial charge in [-0.05, 0) is 62.6 Å². The molecule has 1 aliphatic heterocycles. The summed E-state index contributed by atoms with van der Waals surface area (Å²) in [4.78, 5) is 30.6. The Labute approximate surface area is 159 Å². The molecule has 142 valence electrons. The summed E-state index contributed by atoms with van der Waals surface area (Å²) < 4.78 is 5.57. The Morgan fingerprint density at radius 2 is 2.00 bits per heavy atom. The van der Waals surface area contributed by atoms with Crippen molar-refractivity contribution in [2.24, 2.45) is 0 Å². The van der Waals surface area contributed by atoms with Gasteiger partial charge >= 0.3 is 0 Å².